The number of rotatable bonds is 7. The molecule has 5 nitrogen and oxygen atoms in total. The predicted octanol–water partition coefficient (Wildman–Crippen LogP) is 18.1. The summed E-state index contributed by atoms with van der Waals surface area (Å²) in [6.45, 7) is 34.3. The van der Waals surface area contributed by atoms with Crippen LogP contribution in [0.1, 0.15) is 130 Å². The van der Waals surface area contributed by atoms with Crippen LogP contribution in [0, 0.1) is 18.8 Å². The van der Waals surface area contributed by atoms with Gasteiger partial charge in [0.15, 0.2) is 0 Å². The number of para-hydroxylation sites is 3. The van der Waals surface area contributed by atoms with Crippen LogP contribution in [0.3, 0.4) is 0 Å². The molecule has 6 heteroatoms. The molecule has 0 amide bonds. The van der Waals surface area contributed by atoms with E-state index in [0.717, 1.165) is 45.2 Å². The average molecular weight is 1140 g/mol. The van der Waals surface area contributed by atoms with E-state index in [1.807, 2.05) is 12.3 Å². The summed E-state index contributed by atoms with van der Waals surface area (Å²) in [6, 6.07) is 58.8. The van der Waals surface area contributed by atoms with Gasteiger partial charge in [-0.1, -0.05) is 193 Å². The SMILES string of the molecule is CC(C)(C)c1ccc(-c2cccc(-c3cc(C(C)(C)C)cc(C(C)(C)C)c3)c2N2[CH-]N(c3[c-]c(Oc4[c-]c5c6c(c4)C(C)(C)c4cccc(c46)n5-c4cc(C(C)(C)C)ccn4)ccc3)c3ccccc32)cc1.[Pt]. The van der Waals surface area contributed by atoms with Crippen molar-refractivity contribution in [1.29, 1.82) is 0 Å². The molecule has 3 heterocycles. The van der Waals surface area contributed by atoms with Gasteiger partial charge in [-0.05, 0) is 102 Å². The maximum Gasteiger partial charge on any atom is 0.135 e. The molecule has 0 unspecified atom stereocenters. The van der Waals surface area contributed by atoms with Crippen molar-refractivity contribution in [2.24, 2.45) is 0 Å². The maximum atomic E-state index is 6.94. The second kappa shape index (κ2) is 17.6. The van der Waals surface area contributed by atoms with Crippen LogP contribution in [-0.4, -0.2) is 9.55 Å². The molecular formula is C67H67N4OPt-3. The third-order valence-corrected chi connectivity index (χ3v) is 15.1. The van der Waals surface area contributed by atoms with E-state index in [0.29, 0.717) is 11.5 Å². The molecule has 374 valence electrons. The van der Waals surface area contributed by atoms with Crippen LogP contribution in [0.4, 0.5) is 22.7 Å². The van der Waals surface area contributed by atoms with Crippen molar-refractivity contribution in [2.45, 2.75) is 124 Å². The quantitative estimate of drug-likeness (QED) is 0.149. The van der Waals surface area contributed by atoms with E-state index in [9.17, 15) is 0 Å². The van der Waals surface area contributed by atoms with E-state index in [4.69, 9.17) is 9.72 Å². The van der Waals surface area contributed by atoms with Crippen LogP contribution in [0.2, 0.25) is 0 Å². The van der Waals surface area contributed by atoms with Crippen LogP contribution in [0.5, 0.6) is 11.5 Å². The van der Waals surface area contributed by atoms with Gasteiger partial charge in [0.2, 0.25) is 0 Å². The van der Waals surface area contributed by atoms with Crippen LogP contribution in [0.15, 0.2) is 146 Å². The minimum absolute atomic E-state index is 0. The molecule has 0 N–H and O–H groups in total. The van der Waals surface area contributed by atoms with Crippen LogP contribution in [-0.2, 0) is 48.1 Å². The standard InChI is InChI=1S/C67H67N4O.Pt/c1-63(2,3)44-30-28-42(29-31-44)51-22-18-23-52(43-34-46(65(7,8)9)36-47(35-43)66(10,11)12)62(51)70-41-69(55-25-15-16-26-56(55)70)48-20-17-21-49(38-48)72-50-39-54-61-58(40-50)71(59-37-45(32-33-68-59)64(4,5)6)57-27-19-24-53(60(57)61)67(54,13)14;/h15-37,39,41H,1-14H3;/q-3;. The van der Waals surface area contributed by atoms with Crippen LogP contribution < -0.4 is 14.5 Å². The van der Waals surface area contributed by atoms with E-state index >= 15 is 0 Å². The van der Waals surface area contributed by atoms with Gasteiger partial charge in [-0.2, -0.15) is 6.07 Å². The van der Waals surface area contributed by atoms with Gasteiger partial charge >= 0.3 is 0 Å². The summed E-state index contributed by atoms with van der Waals surface area (Å²) >= 11 is 0. The van der Waals surface area contributed by atoms with Crippen LogP contribution in [0.25, 0.3) is 49.9 Å². The number of nitrogens with zero attached hydrogens (tertiary/aromatic N) is 4. The Morgan fingerprint density at radius 3 is 1.75 bits per heavy atom. The number of aromatic nitrogens is 2. The smallest absolute Gasteiger partial charge is 0.135 e. The Hall–Kier alpha value is -6.42. The minimum Gasteiger partial charge on any atom is -0.509 e. The van der Waals surface area contributed by atoms with E-state index in [1.54, 1.807) is 0 Å². The van der Waals surface area contributed by atoms with Crippen molar-refractivity contribution < 1.29 is 25.8 Å². The van der Waals surface area contributed by atoms with Crippen molar-refractivity contribution >= 4 is 44.6 Å². The molecule has 9 aromatic rings. The van der Waals surface area contributed by atoms with Crippen molar-refractivity contribution in [2.75, 3.05) is 9.80 Å². The number of anilines is 4. The number of hydrogen-bond acceptors (Lipinski definition) is 4. The van der Waals surface area contributed by atoms with E-state index < -0.39 is 0 Å². The molecule has 0 fully saturated rings. The zero-order valence-electron chi connectivity index (χ0n) is 44.9. The molecule has 73 heavy (non-hydrogen) atoms. The summed E-state index contributed by atoms with van der Waals surface area (Å²) in [7, 11) is 0. The van der Waals surface area contributed by atoms with Gasteiger partial charge in [0.25, 0.3) is 0 Å². The van der Waals surface area contributed by atoms with Crippen molar-refractivity contribution in [3.05, 3.63) is 198 Å². The van der Waals surface area contributed by atoms with Gasteiger partial charge in [0.05, 0.1) is 0 Å². The Balaban J connectivity index is 0.00000611. The second-order valence-electron chi connectivity index (χ2n) is 24.8. The number of fused-ring (bicyclic) bond motifs is 1. The Bertz CT molecular complexity index is 3570. The summed E-state index contributed by atoms with van der Waals surface area (Å²) in [5, 5.41) is 2.48. The molecule has 0 atom stereocenters. The third kappa shape index (κ3) is 8.70. The fraction of sp³-hybridized carbons (Fsp3) is 0.284. The maximum absolute atomic E-state index is 6.94. The third-order valence-electron chi connectivity index (χ3n) is 15.1. The Labute approximate surface area is 448 Å². The fourth-order valence-corrected chi connectivity index (χ4v) is 10.8. The zero-order chi connectivity index (χ0) is 50.9. The molecule has 0 bridgehead atoms. The molecule has 2 aromatic heterocycles. The first-order chi connectivity index (χ1) is 34.0. The first-order valence-corrected chi connectivity index (χ1v) is 25.6. The average Bonchev–Trinajstić information content (AvgIpc) is 3.96. The summed E-state index contributed by atoms with van der Waals surface area (Å²) in [5.41, 5.74) is 18.3. The molecule has 1 aliphatic carbocycles. The molecule has 0 radical (unpaired) electrons. The summed E-state index contributed by atoms with van der Waals surface area (Å²) in [4.78, 5) is 9.60. The normalized spacial score (nSPS) is 14.3. The Morgan fingerprint density at radius 1 is 0.507 bits per heavy atom. The predicted molar refractivity (Wildman–Crippen MR) is 302 cm³/mol. The molecule has 7 aromatic carbocycles. The van der Waals surface area contributed by atoms with Crippen molar-refractivity contribution in [1.82, 2.24) is 9.55 Å². The number of benzene rings is 7. The molecule has 2 aliphatic rings. The molecule has 0 spiro atoms. The minimum atomic E-state index is -0.231. The number of pyridine rings is 1. The van der Waals surface area contributed by atoms with Gasteiger partial charge in [0, 0.05) is 72.5 Å². The number of hydrogen-bond donors (Lipinski definition) is 0. The van der Waals surface area contributed by atoms with Gasteiger partial charge < -0.3 is 19.1 Å². The summed E-state index contributed by atoms with van der Waals surface area (Å²) in [6.07, 6.45) is 1.93. The molecule has 0 saturated heterocycles. The summed E-state index contributed by atoms with van der Waals surface area (Å²) < 4.78 is 9.21. The van der Waals surface area contributed by atoms with Gasteiger partial charge in [-0.25, -0.2) is 4.98 Å². The van der Waals surface area contributed by atoms with E-state index in [1.165, 1.54) is 60.8 Å². The summed E-state index contributed by atoms with van der Waals surface area (Å²) in [5.74, 6) is 2.13. The Morgan fingerprint density at radius 2 is 1.11 bits per heavy atom. The number of ether oxygens (including phenoxy) is 1. The topological polar surface area (TPSA) is 33.5 Å². The molecule has 1 aliphatic heterocycles. The molecular weight excluding hydrogens is 1070 g/mol. The zero-order valence-corrected chi connectivity index (χ0v) is 47.2. The van der Waals surface area contributed by atoms with Gasteiger partial charge in [-0.15, -0.1) is 48.3 Å². The fourth-order valence-electron chi connectivity index (χ4n) is 10.8. The van der Waals surface area contributed by atoms with Gasteiger partial charge in [0.1, 0.15) is 5.82 Å². The van der Waals surface area contributed by atoms with Gasteiger partial charge in [-0.3, -0.25) is 0 Å². The molecule has 0 saturated carbocycles. The van der Waals surface area contributed by atoms with Crippen molar-refractivity contribution in [3.8, 4) is 39.6 Å². The monoisotopic (exact) mass is 1140 g/mol. The van der Waals surface area contributed by atoms with E-state index in [-0.39, 0.29) is 48.1 Å². The first-order valence-electron chi connectivity index (χ1n) is 25.6. The van der Waals surface area contributed by atoms with Crippen LogP contribution >= 0.6 is 0 Å². The largest absolute Gasteiger partial charge is 0.509 e. The van der Waals surface area contributed by atoms with E-state index in [2.05, 4.69) is 264 Å². The molecule has 11 rings (SSSR count). The first kappa shape index (κ1) is 50.1. The van der Waals surface area contributed by atoms with Crippen molar-refractivity contribution in [3.63, 3.8) is 0 Å². The Kier molecular flexibility index (Phi) is 12.1. The second-order valence-corrected chi connectivity index (χ2v) is 24.8.